The van der Waals surface area contributed by atoms with Crippen LogP contribution >= 0.6 is 11.6 Å². The minimum absolute atomic E-state index is 0.0104. The zero-order chi connectivity index (χ0) is 24.6. The smallest absolute Gasteiger partial charge is 0.262 e. The summed E-state index contributed by atoms with van der Waals surface area (Å²) in [6, 6.07) is 16.3. The van der Waals surface area contributed by atoms with Crippen molar-refractivity contribution in [1.82, 2.24) is 19.2 Å². The Hall–Kier alpha value is -3.40. The van der Waals surface area contributed by atoms with Gasteiger partial charge >= 0.3 is 0 Å². The summed E-state index contributed by atoms with van der Waals surface area (Å²) in [6.45, 7) is 0.946. The number of H-pyrrole nitrogens is 1. The Morgan fingerprint density at radius 3 is 2.29 bits per heavy atom. The molecule has 0 unspecified atom stereocenters. The lowest BCUT2D eigenvalue weighted by Gasteiger charge is -2.33. The number of piperazine rings is 1. The fourth-order valence-corrected chi connectivity index (χ4v) is 6.03. The first-order valence-corrected chi connectivity index (χ1v) is 12.9. The molecular formula is C25H23ClN4O4S. The number of benzene rings is 2. The van der Waals surface area contributed by atoms with Gasteiger partial charge in [0, 0.05) is 54.5 Å². The van der Waals surface area contributed by atoms with E-state index >= 15 is 0 Å². The highest BCUT2D eigenvalue weighted by molar-refractivity contribution is 7.89. The maximum atomic E-state index is 13.4. The number of ether oxygens (including phenoxy) is 1. The quantitative estimate of drug-likeness (QED) is 0.437. The van der Waals surface area contributed by atoms with Crippen LogP contribution in [-0.4, -0.2) is 66.8 Å². The highest BCUT2D eigenvalue weighted by Crippen LogP contribution is 2.36. The van der Waals surface area contributed by atoms with Crippen LogP contribution in [0.15, 0.2) is 72.0 Å². The first-order chi connectivity index (χ1) is 16.9. The molecule has 3 heterocycles. The number of pyridine rings is 1. The molecule has 1 aliphatic rings. The van der Waals surface area contributed by atoms with E-state index in [1.807, 2.05) is 24.3 Å². The Labute approximate surface area is 208 Å². The third kappa shape index (κ3) is 4.38. The predicted octanol–water partition coefficient (Wildman–Crippen LogP) is 4.04. The second kappa shape index (κ2) is 9.33. The molecule has 1 fully saturated rings. The maximum absolute atomic E-state index is 13.4. The highest BCUT2D eigenvalue weighted by atomic mass is 35.5. The molecule has 10 heteroatoms. The van der Waals surface area contributed by atoms with Gasteiger partial charge in [0.15, 0.2) is 10.8 Å². The molecular weight excluding hydrogens is 488 g/mol. The Bertz CT molecular complexity index is 1480. The lowest BCUT2D eigenvalue weighted by Crippen LogP contribution is -2.50. The lowest BCUT2D eigenvalue weighted by molar-refractivity contribution is 0.0697. The van der Waals surface area contributed by atoms with Gasteiger partial charge in [0.1, 0.15) is 0 Å². The van der Waals surface area contributed by atoms with E-state index in [-0.39, 0.29) is 29.8 Å². The molecule has 4 aromatic rings. The van der Waals surface area contributed by atoms with Gasteiger partial charge in [0.2, 0.25) is 0 Å². The number of aromatic amines is 1. The van der Waals surface area contributed by atoms with Crippen molar-refractivity contribution in [2.45, 2.75) is 5.03 Å². The molecule has 35 heavy (non-hydrogen) atoms. The summed E-state index contributed by atoms with van der Waals surface area (Å²) in [6.07, 6.45) is 3.45. The summed E-state index contributed by atoms with van der Waals surface area (Å²) < 4.78 is 33.6. The topological polar surface area (TPSA) is 95.6 Å². The maximum Gasteiger partial charge on any atom is 0.262 e. The molecule has 5 rings (SSSR count). The first kappa shape index (κ1) is 23.3. The van der Waals surface area contributed by atoms with Crippen LogP contribution in [0.4, 0.5) is 0 Å². The molecule has 0 atom stereocenters. The molecule has 2 aromatic heterocycles. The van der Waals surface area contributed by atoms with Gasteiger partial charge in [-0.05, 0) is 53.6 Å². The molecule has 1 amide bonds. The van der Waals surface area contributed by atoms with E-state index in [4.69, 9.17) is 16.3 Å². The number of hydrogen-bond donors (Lipinski definition) is 1. The number of methoxy groups -OCH3 is 1. The van der Waals surface area contributed by atoms with Crippen molar-refractivity contribution in [1.29, 1.82) is 0 Å². The Balaban J connectivity index is 1.30. The summed E-state index contributed by atoms with van der Waals surface area (Å²) >= 11 is 6.09. The van der Waals surface area contributed by atoms with E-state index < -0.39 is 10.0 Å². The molecule has 0 bridgehead atoms. The van der Waals surface area contributed by atoms with Gasteiger partial charge in [0.05, 0.1) is 12.6 Å². The van der Waals surface area contributed by atoms with Gasteiger partial charge in [-0.25, -0.2) is 8.42 Å². The zero-order valence-electron chi connectivity index (χ0n) is 18.9. The third-order valence-electron chi connectivity index (χ3n) is 6.15. The summed E-state index contributed by atoms with van der Waals surface area (Å²) in [4.78, 5) is 21.7. The number of carbonyl (C=O) groups is 1. The molecule has 1 N–H and O–H groups in total. The number of sulfonamides is 1. The van der Waals surface area contributed by atoms with Crippen LogP contribution in [0.2, 0.25) is 5.02 Å². The van der Waals surface area contributed by atoms with Crippen LogP contribution < -0.4 is 4.74 Å². The number of halogens is 1. The van der Waals surface area contributed by atoms with Crippen molar-refractivity contribution in [3.05, 3.63) is 77.6 Å². The lowest BCUT2D eigenvalue weighted by atomic mass is 10.0. The standard InChI is InChI=1S/C25H23ClN4O4S/c1-34-23-21-16-20(26)6-7-22(21)28-24(23)35(32,33)30-14-12-29(13-15-30)25(31)19-4-2-17(3-5-19)18-8-10-27-11-9-18/h2-11,16,28H,12-15H2,1H3. The van der Waals surface area contributed by atoms with Crippen molar-refractivity contribution < 1.29 is 17.9 Å². The predicted molar refractivity (Wildman–Crippen MR) is 134 cm³/mol. The van der Waals surface area contributed by atoms with E-state index in [9.17, 15) is 13.2 Å². The van der Waals surface area contributed by atoms with Crippen molar-refractivity contribution in [2.75, 3.05) is 33.3 Å². The Kier molecular flexibility index (Phi) is 6.22. The van der Waals surface area contributed by atoms with E-state index in [0.29, 0.717) is 34.6 Å². The van der Waals surface area contributed by atoms with Gasteiger partial charge in [-0.2, -0.15) is 4.31 Å². The van der Waals surface area contributed by atoms with Crippen LogP contribution in [-0.2, 0) is 10.0 Å². The molecule has 0 aliphatic carbocycles. The minimum atomic E-state index is -3.86. The van der Waals surface area contributed by atoms with Gasteiger partial charge < -0.3 is 14.6 Å². The first-order valence-electron chi connectivity index (χ1n) is 11.0. The van der Waals surface area contributed by atoms with E-state index in [1.165, 1.54) is 11.4 Å². The number of nitrogens with one attached hydrogen (secondary N) is 1. The van der Waals surface area contributed by atoms with Crippen molar-refractivity contribution in [2.24, 2.45) is 0 Å². The third-order valence-corrected chi connectivity index (χ3v) is 8.24. The Morgan fingerprint density at radius 2 is 1.63 bits per heavy atom. The minimum Gasteiger partial charge on any atom is -0.493 e. The van der Waals surface area contributed by atoms with Crippen molar-refractivity contribution in [3.63, 3.8) is 0 Å². The average Bonchev–Trinajstić information content (AvgIpc) is 3.27. The molecule has 0 spiro atoms. The van der Waals surface area contributed by atoms with Crippen LogP contribution in [0, 0.1) is 0 Å². The largest absolute Gasteiger partial charge is 0.493 e. The summed E-state index contributed by atoms with van der Waals surface area (Å²) in [5.74, 6) is 0.108. The summed E-state index contributed by atoms with van der Waals surface area (Å²) in [7, 11) is -2.43. The van der Waals surface area contributed by atoms with Gasteiger partial charge in [0.25, 0.3) is 15.9 Å². The number of hydrogen-bond acceptors (Lipinski definition) is 5. The highest BCUT2D eigenvalue weighted by Gasteiger charge is 2.34. The zero-order valence-corrected chi connectivity index (χ0v) is 20.5. The van der Waals surface area contributed by atoms with Crippen LogP contribution in [0.5, 0.6) is 5.75 Å². The van der Waals surface area contributed by atoms with Crippen LogP contribution in [0.3, 0.4) is 0 Å². The monoisotopic (exact) mass is 510 g/mol. The normalized spacial score (nSPS) is 14.9. The molecule has 0 saturated carbocycles. The molecule has 0 radical (unpaired) electrons. The summed E-state index contributed by atoms with van der Waals surface area (Å²) in [5.41, 5.74) is 3.20. The molecule has 8 nitrogen and oxygen atoms in total. The van der Waals surface area contributed by atoms with E-state index in [1.54, 1.807) is 47.6 Å². The van der Waals surface area contributed by atoms with E-state index in [2.05, 4.69) is 9.97 Å². The second-order valence-electron chi connectivity index (χ2n) is 8.19. The molecule has 2 aromatic carbocycles. The summed E-state index contributed by atoms with van der Waals surface area (Å²) in [5, 5.41) is 1.08. The second-order valence-corrected chi connectivity index (χ2v) is 10.5. The van der Waals surface area contributed by atoms with Gasteiger partial charge in [-0.15, -0.1) is 0 Å². The SMILES string of the molecule is COc1c(S(=O)(=O)N2CCN(C(=O)c3ccc(-c4ccncc4)cc3)CC2)[nH]c2ccc(Cl)cc12. The van der Waals surface area contributed by atoms with Gasteiger partial charge in [-0.1, -0.05) is 23.7 Å². The van der Waals surface area contributed by atoms with Crippen LogP contribution in [0.25, 0.3) is 22.0 Å². The number of rotatable bonds is 5. The van der Waals surface area contributed by atoms with Gasteiger partial charge in [-0.3, -0.25) is 9.78 Å². The Morgan fingerprint density at radius 1 is 0.971 bits per heavy atom. The fraction of sp³-hybridized carbons (Fsp3) is 0.200. The molecule has 180 valence electrons. The molecule has 1 aliphatic heterocycles. The number of amides is 1. The molecule has 1 saturated heterocycles. The number of fused-ring (bicyclic) bond motifs is 1. The van der Waals surface area contributed by atoms with Crippen LogP contribution in [0.1, 0.15) is 10.4 Å². The average molecular weight is 511 g/mol. The van der Waals surface area contributed by atoms with Crippen molar-refractivity contribution in [3.8, 4) is 16.9 Å². The number of carbonyl (C=O) groups excluding carboxylic acids is 1. The fourth-order valence-electron chi connectivity index (χ4n) is 4.29. The number of nitrogens with zero attached hydrogens (tertiary/aromatic N) is 3. The number of aromatic nitrogens is 2. The van der Waals surface area contributed by atoms with E-state index in [0.717, 1.165) is 11.1 Å². The van der Waals surface area contributed by atoms with Crippen molar-refractivity contribution >= 4 is 38.4 Å².